The highest BCUT2D eigenvalue weighted by molar-refractivity contribution is 5.75. The van der Waals surface area contributed by atoms with Crippen LogP contribution in [0.25, 0.3) is 0 Å². The number of hydrogen-bond acceptors (Lipinski definition) is 2. The number of aliphatic carboxylic acids is 1. The highest BCUT2D eigenvalue weighted by Gasteiger charge is 2.32. The average Bonchev–Trinajstić information content (AvgIpc) is 2.91. The van der Waals surface area contributed by atoms with E-state index in [0.717, 1.165) is 18.9 Å². The number of carbonyl (C=O) groups excluding carboxylic acids is 1. The summed E-state index contributed by atoms with van der Waals surface area (Å²) in [5.41, 5.74) is 0. The number of rotatable bonds is 4. The van der Waals surface area contributed by atoms with Gasteiger partial charge in [0.15, 0.2) is 0 Å². The largest absolute Gasteiger partial charge is 0.481 e. The van der Waals surface area contributed by atoms with Crippen LogP contribution in [0.4, 0.5) is 4.79 Å². The molecule has 1 aliphatic carbocycles. The number of urea groups is 1. The van der Waals surface area contributed by atoms with E-state index in [1.807, 2.05) is 6.92 Å². The molecule has 2 unspecified atom stereocenters. The molecule has 0 radical (unpaired) electrons. The van der Waals surface area contributed by atoms with Crippen molar-refractivity contribution in [3.05, 3.63) is 0 Å². The Morgan fingerprint density at radius 3 is 2.55 bits per heavy atom. The Bertz CT molecular complexity index is 353. The molecule has 0 spiro atoms. The minimum atomic E-state index is -0.738. The van der Waals surface area contributed by atoms with Gasteiger partial charge in [0.25, 0.3) is 0 Å². The summed E-state index contributed by atoms with van der Waals surface area (Å²) >= 11 is 0. The first-order chi connectivity index (χ1) is 9.58. The highest BCUT2D eigenvalue weighted by atomic mass is 16.4. The van der Waals surface area contributed by atoms with Crippen LogP contribution in [0.15, 0.2) is 0 Å². The van der Waals surface area contributed by atoms with E-state index in [1.165, 1.54) is 25.7 Å². The molecule has 0 aromatic heterocycles. The normalized spacial score (nSPS) is 27.6. The van der Waals surface area contributed by atoms with Crippen LogP contribution in [0, 0.1) is 11.8 Å². The lowest BCUT2D eigenvalue weighted by atomic mass is 9.92. The van der Waals surface area contributed by atoms with E-state index >= 15 is 0 Å². The number of piperidine rings is 1. The summed E-state index contributed by atoms with van der Waals surface area (Å²) in [4.78, 5) is 24.9. The lowest BCUT2D eigenvalue weighted by molar-refractivity contribution is -0.143. The topological polar surface area (TPSA) is 69.6 Å². The summed E-state index contributed by atoms with van der Waals surface area (Å²) < 4.78 is 0. The summed E-state index contributed by atoms with van der Waals surface area (Å²) in [7, 11) is 0. The maximum absolute atomic E-state index is 12.1. The van der Waals surface area contributed by atoms with Crippen LogP contribution < -0.4 is 5.32 Å². The molecule has 1 aliphatic heterocycles. The third-order valence-electron chi connectivity index (χ3n) is 4.79. The van der Waals surface area contributed by atoms with Gasteiger partial charge in [-0.25, -0.2) is 4.79 Å². The smallest absolute Gasteiger partial charge is 0.317 e. The van der Waals surface area contributed by atoms with Crippen LogP contribution in [-0.4, -0.2) is 41.1 Å². The van der Waals surface area contributed by atoms with Crippen molar-refractivity contribution in [3.8, 4) is 0 Å². The van der Waals surface area contributed by atoms with Crippen molar-refractivity contribution in [3.63, 3.8) is 0 Å². The van der Waals surface area contributed by atoms with E-state index in [4.69, 9.17) is 5.11 Å². The van der Waals surface area contributed by atoms with Crippen molar-refractivity contribution in [1.82, 2.24) is 10.2 Å². The van der Waals surface area contributed by atoms with Crippen molar-refractivity contribution in [2.75, 3.05) is 13.1 Å². The van der Waals surface area contributed by atoms with Crippen LogP contribution in [0.3, 0.4) is 0 Å². The van der Waals surface area contributed by atoms with Crippen molar-refractivity contribution in [2.45, 2.75) is 57.9 Å². The molecule has 2 rings (SSSR count). The second-order valence-corrected chi connectivity index (χ2v) is 6.27. The van der Waals surface area contributed by atoms with E-state index in [9.17, 15) is 9.59 Å². The van der Waals surface area contributed by atoms with E-state index in [1.54, 1.807) is 4.90 Å². The standard InChI is InChI=1S/C15H26N2O3/c1-11-10-13(14(18)19)7-9-17(11)15(20)16-8-6-12-4-2-3-5-12/h11-13H,2-10H2,1H3,(H,16,20)(H,18,19). The number of likely N-dealkylation sites (tertiary alicyclic amines) is 1. The molecule has 20 heavy (non-hydrogen) atoms. The minimum absolute atomic E-state index is 0.0105. The van der Waals surface area contributed by atoms with Crippen molar-refractivity contribution in [2.24, 2.45) is 11.8 Å². The van der Waals surface area contributed by atoms with E-state index in [-0.39, 0.29) is 18.0 Å². The molecular weight excluding hydrogens is 256 g/mol. The number of nitrogens with one attached hydrogen (secondary N) is 1. The Morgan fingerprint density at radius 1 is 1.25 bits per heavy atom. The van der Waals surface area contributed by atoms with Gasteiger partial charge in [0.05, 0.1) is 5.92 Å². The van der Waals surface area contributed by atoms with Crippen LogP contribution in [-0.2, 0) is 4.79 Å². The Balaban J connectivity index is 1.70. The Morgan fingerprint density at radius 2 is 1.95 bits per heavy atom. The number of carbonyl (C=O) groups is 2. The van der Waals surface area contributed by atoms with Gasteiger partial charge in [-0.3, -0.25) is 4.79 Å². The van der Waals surface area contributed by atoms with Crippen molar-refractivity contribution >= 4 is 12.0 Å². The molecule has 2 aliphatic rings. The van der Waals surface area contributed by atoms with Gasteiger partial charge in [-0.05, 0) is 32.1 Å². The highest BCUT2D eigenvalue weighted by Crippen LogP contribution is 2.27. The van der Waals surface area contributed by atoms with Gasteiger partial charge in [0.2, 0.25) is 0 Å². The molecule has 2 amide bonds. The molecule has 1 saturated carbocycles. The van der Waals surface area contributed by atoms with Gasteiger partial charge in [-0.1, -0.05) is 25.7 Å². The summed E-state index contributed by atoms with van der Waals surface area (Å²) in [6.07, 6.45) is 7.47. The molecule has 0 aromatic rings. The van der Waals surface area contributed by atoms with E-state index < -0.39 is 5.97 Å². The van der Waals surface area contributed by atoms with Gasteiger partial charge >= 0.3 is 12.0 Å². The molecule has 2 atom stereocenters. The third-order valence-corrected chi connectivity index (χ3v) is 4.79. The Labute approximate surface area is 120 Å². The molecular formula is C15H26N2O3. The SMILES string of the molecule is CC1CC(C(=O)O)CCN1C(=O)NCCC1CCCC1. The lowest BCUT2D eigenvalue weighted by Gasteiger charge is -2.36. The van der Waals surface area contributed by atoms with Crippen LogP contribution >= 0.6 is 0 Å². The van der Waals surface area contributed by atoms with E-state index in [2.05, 4.69) is 5.32 Å². The van der Waals surface area contributed by atoms with Crippen LogP contribution in [0.2, 0.25) is 0 Å². The van der Waals surface area contributed by atoms with Crippen LogP contribution in [0.5, 0.6) is 0 Å². The summed E-state index contributed by atoms with van der Waals surface area (Å²) in [5.74, 6) is -0.254. The second-order valence-electron chi connectivity index (χ2n) is 6.27. The second kappa shape index (κ2) is 6.95. The number of amides is 2. The summed E-state index contributed by atoms with van der Waals surface area (Å²) in [6, 6.07) is -0.0179. The van der Waals surface area contributed by atoms with Crippen molar-refractivity contribution < 1.29 is 14.7 Å². The van der Waals surface area contributed by atoms with Crippen molar-refractivity contribution in [1.29, 1.82) is 0 Å². The molecule has 114 valence electrons. The lowest BCUT2D eigenvalue weighted by Crippen LogP contribution is -2.50. The average molecular weight is 282 g/mol. The molecule has 2 fully saturated rings. The van der Waals surface area contributed by atoms with Gasteiger partial charge in [0, 0.05) is 19.1 Å². The first kappa shape index (κ1) is 15.1. The van der Waals surface area contributed by atoms with Gasteiger partial charge < -0.3 is 15.3 Å². The minimum Gasteiger partial charge on any atom is -0.481 e. The Kier molecular flexibility index (Phi) is 5.26. The fraction of sp³-hybridized carbons (Fsp3) is 0.867. The maximum atomic E-state index is 12.1. The molecule has 1 saturated heterocycles. The molecule has 0 aromatic carbocycles. The third kappa shape index (κ3) is 3.87. The van der Waals surface area contributed by atoms with E-state index in [0.29, 0.717) is 19.4 Å². The van der Waals surface area contributed by atoms with Gasteiger partial charge in [-0.15, -0.1) is 0 Å². The maximum Gasteiger partial charge on any atom is 0.317 e. The number of hydrogen-bond donors (Lipinski definition) is 2. The van der Waals surface area contributed by atoms with Crippen LogP contribution in [0.1, 0.15) is 51.9 Å². The first-order valence-electron chi connectivity index (χ1n) is 7.85. The number of carboxylic acids is 1. The molecule has 1 heterocycles. The predicted octanol–water partition coefficient (Wildman–Crippen LogP) is 2.46. The fourth-order valence-electron chi connectivity index (χ4n) is 3.48. The molecule has 5 heteroatoms. The number of nitrogens with zero attached hydrogens (tertiary/aromatic N) is 1. The summed E-state index contributed by atoms with van der Waals surface area (Å²) in [5, 5.41) is 12.0. The monoisotopic (exact) mass is 282 g/mol. The Hall–Kier alpha value is -1.26. The summed E-state index contributed by atoms with van der Waals surface area (Å²) in [6.45, 7) is 3.23. The zero-order valence-corrected chi connectivity index (χ0v) is 12.3. The van der Waals surface area contributed by atoms with Gasteiger partial charge in [0.1, 0.15) is 0 Å². The quantitative estimate of drug-likeness (QED) is 0.832. The fourth-order valence-corrected chi connectivity index (χ4v) is 3.48. The molecule has 5 nitrogen and oxygen atoms in total. The molecule has 2 N–H and O–H groups in total. The number of carboxylic acid groups (broad SMARTS) is 1. The predicted molar refractivity (Wildman–Crippen MR) is 76.5 cm³/mol. The molecule has 0 bridgehead atoms. The van der Waals surface area contributed by atoms with Gasteiger partial charge in [-0.2, -0.15) is 0 Å². The first-order valence-corrected chi connectivity index (χ1v) is 7.85. The zero-order valence-electron chi connectivity index (χ0n) is 12.3. The zero-order chi connectivity index (χ0) is 14.5.